The number of benzene rings is 1. The molecule has 0 saturated carbocycles. The number of aromatic amines is 1. The molecule has 0 atom stereocenters. The summed E-state index contributed by atoms with van der Waals surface area (Å²) in [6, 6.07) is 9.74. The standard InChI is InChI=1S/C19H17N3O2S2/c1-11-5-6-15-13(8-17(23)24-18(15)12(11)2)10-26-19-20-16(21-22-19)9-14-4-3-7-25-14/h3-8H,9-10H2,1-2H3,(H,20,21,22). The maximum Gasteiger partial charge on any atom is 0.336 e. The highest BCUT2D eigenvalue weighted by molar-refractivity contribution is 7.98. The van der Waals surface area contributed by atoms with Gasteiger partial charge in [-0.05, 0) is 42.0 Å². The van der Waals surface area contributed by atoms with Crippen molar-refractivity contribution >= 4 is 34.1 Å². The lowest BCUT2D eigenvalue weighted by Gasteiger charge is -2.08. The van der Waals surface area contributed by atoms with Crippen LogP contribution < -0.4 is 5.63 Å². The average Bonchev–Trinajstić information content (AvgIpc) is 3.29. The minimum absolute atomic E-state index is 0.324. The van der Waals surface area contributed by atoms with Crippen molar-refractivity contribution in [1.82, 2.24) is 15.2 Å². The molecule has 0 aliphatic heterocycles. The van der Waals surface area contributed by atoms with Crippen molar-refractivity contribution in [2.24, 2.45) is 0 Å². The Morgan fingerprint density at radius 3 is 2.96 bits per heavy atom. The fourth-order valence-corrected chi connectivity index (χ4v) is 4.30. The number of thiophene rings is 1. The largest absolute Gasteiger partial charge is 0.422 e. The Balaban J connectivity index is 1.56. The van der Waals surface area contributed by atoms with Crippen LogP contribution in [0.25, 0.3) is 11.0 Å². The second-order valence-electron chi connectivity index (χ2n) is 6.08. The highest BCUT2D eigenvalue weighted by Crippen LogP contribution is 2.27. The highest BCUT2D eigenvalue weighted by atomic mass is 32.2. The second kappa shape index (κ2) is 7.09. The van der Waals surface area contributed by atoms with Gasteiger partial charge in [-0.25, -0.2) is 9.78 Å². The lowest BCUT2D eigenvalue weighted by Crippen LogP contribution is -2.01. The molecule has 0 aliphatic rings. The molecule has 0 saturated heterocycles. The van der Waals surface area contributed by atoms with E-state index in [1.54, 1.807) is 17.4 Å². The number of hydrogen-bond donors (Lipinski definition) is 1. The van der Waals surface area contributed by atoms with Gasteiger partial charge in [0.15, 0.2) is 0 Å². The van der Waals surface area contributed by atoms with Crippen molar-refractivity contribution in [2.75, 3.05) is 0 Å². The summed E-state index contributed by atoms with van der Waals surface area (Å²) in [4.78, 5) is 17.7. The first kappa shape index (κ1) is 17.1. The molecule has 3 aromatic heterocycles. The predicted molar refractivity (Wildman–Crippen MR) is 105 cm³/mol. The molecule has 26 heavy (non-hydrogen) atoms. The van der Waals surface area contributed by atoms with E-state index in [4.69, 9.17) is 4.42 Å². The Morgan fingerprint density at radius 1 is 1.27 bits per heavy atom. The van der Waals surface area contributed by atoms with Gasteiger partial charge in [0.2, 0.25) is 5.16 Å². The smallest absolute Gasteiger partial charge is 0.336 e. The van der Waals surface area contributed by atoms with E-state index in [-0.39, 0.29) is 5.63 Å². The number of aryl methyl sites for hydroxylation is 2. The van der Waals surface area contributed by atoms with Crippen LogP contribution in [0.15, 0.2) is 50.1 Å². The molecule has 0 spiro atoms. The van der Waals surface area contributed by atoms with Crippen LogP contribution in [0.2, 0.25) is 0 Å². The number of aromatic nitrogens is 3. The molecule has 0 unspecified atom stereocenters. The molecule has 0 fully saturated rings. The van der Waals surface area contributed by atoms with Crippen molar-refractivity contribution in [2.45, 2.75) is 31.2 Å². The number of hydrogen-bond acceptors (Lipinski definition) is 6. The first-order valence-electron chi connectivity index (χ1n) is 8.19. The first-order valence-corrected chi connectivity index (χ1v) is 10.1. The number of thioether (sulfide) groups is 1. The van der Waals surface area contributed by atoms with E-state index in [9.17, 15) is 4.79 Å². The number of rotatable bonds is 5. The summed E-state index contributed by atoms with van der Waals surface area (Å²) in [5.41, 5.74) is 3.39. The third-order valence-corrected chi connectivity index (χ3v) is 6.08. The Kier molecular flexibility index (Phi) is 4.65. The van der Waals surface area contributed by atoms with Gasteiger partial charge >= 0.3 is 5.63 Å². The number of nitrogens with one attached hydrogen (secondary N) is 1. The van der Waals surface area contributed by atoms with Crippen molar-refractivity contribution < 1.29 is 4.42 Å². The maximum absolute atomic E-state index is 11.9. The average molecular weight is 383 g/mol. The summed E-state index contributed by atoms with van der Waals surface area (Å²) in [6.45, 7) is 3.99. The Hall–Kier alpha value is -2.38. The summed E-state index contributed by atoms with van der Waals surface area (Å²) in [7, 11) is 0. The lowest BCUT2D eigenvalue weighted by atomic mass is 10.0. The molecule has 0 amide bonds. The quantitative estimate of drug-likeness (QED) is 0.407. The SMILES string of the molecule is Cc1ccc2c(CSc3n[nH]c(Cc4cccs4)n3)cc(=O)oc2c1C. The highest BCUT2D eigenvalue weighted by Gasteiger charge is 2.11. The zero-order valence-corrected chi connectivity index (χ0v) is 16.0. The summed E-state index contributed by atoms with van der Waals surface area (Å²) in [5, 5.41) is 11.0. The number of fused-ring (bicyclic) bond motifs is 1. The minimum atomic E-state index is -0.324. The van der Waals surface area contributed by atoms with Crippen LogP contribution in [0.1, 0.15) is 27.4 Å². The predicted octanol–water partition coefficient (Wildman–Crippen LogP) is 4.47. The van der Waals surface area contributed by atoms with E-state index in [0.717, 1.165) is 34.3 Å². The van der Waals surface area contributed by atoms with E-state index in [0.29, 0.717) is 16.5 Å². The number of H-pyrrole nitrogens is 1. The zero-order chi connectivity index (χ0) is 18.1. The molecule has 132 valence electrons. The first-order chi connectivity index (χ1) is 12.6. The topological polar surface area (TPSA) is 71.8 Å². The molecule has 1 aromatic carbocycles. The van der Waals surface area contributed by atoms with E-state index in [2.05, 4.69) is 32.7 Å². The third-order valence-electron chi connectivity index (χ3n) is 4.31. The molecule has 4 aromatic rings. The van der Waals surface area contributed by atoms with Gasteiger partial charge in [0, 0.05) is 28.5 Å². The Morgan fingerprint density at radius 2 is 2.15 bits per heavy atom. The van der Waals surface area contributed by atoms with E-state index in [1.807, 2.05) is 26.0 Å². The molecule has 0 bridgehead atoms. The van der Waals surface area contributed by atoms with Crippen molar-refractivity contribution in [3.05, 3.63) is 73.5 Å². The zero-order valence-electron chi connectivity index (χ0n) is 14.4. The van der Waals surface area contributed by atoms with Crippen molar-refractivity contribution in [1.29, 1.82) is 0 Å². The van der Waals surface area contributed by atoms with Crippen molar-refractivity contribution in [3.63, 3.8) is 0 Å². The fourth-order valence-electron chi connectivity index (χ4n) is 2.79. The molecule has 0 aliphatic carbocycles. The molecule has 4 rings (SSSR count). The van der Waals surface area contributed by atoms with Crippen LogP contribution in [-0.4, -0.2) is 15.2 Å². The molecule has 3 heterocycles. The van der Waals surface area contributed by atoms with Gasteiger partial charge < -0.3 is 4.42 Å². The lowest BCUT2D eigenvalue weighted by molar-refractivity contribution is 0.557. The summed E-state index contributed by atoms with van der Waals surface area (Å²) < 4.78 is 5.43. The molecule has 5 nitrogen and oxygen atoms in total. The Labute approximate surface area is 158 Å². The summed E-state index contributed by atoms with van der Waals surface area (Å²) in [5.74, 6) is 1.46. The number of nitrogens with zero attached hydrogens (tertiary/aromatic N) is 2. The minimum Gasteiger partial charge on any atom is -0.422 e. The van der Waals surface area contributed by atoms with Gasteiger partial charge in [-0.15, -0.1) is 16.4 Å². The van der Waals surface area contributed by atoms with Crippen LogP contribution in [0.5, 0.6) is 0 Å². The van der Waals surface area contributed by atoms with Gasteiger partial charge in [0.25, 0.3) is 0 Å². The van der Waals surface area contributed by atoms with E-state index < -0.39 is 0 Å². The fraction of sp³-hybridized carbons (Fsp3) is 0.211. The van der Waals surface area contributed by atoms with Crippen molar-refractivity contribution in [3.8, 4) is 0 Å². The summed E-state index contributed by atoms with van der Waals surface area (Å²) >= 11 is 3.21. The molecule has 7 heteroatoms. The van der Waals surface area contributed by atoms with Gasteiger partial charge in [-0.2, -0.15) is 0 Å². The second-order valence-corrected chi connectivity index (χ2v) is 8.06. The van der Waals surface area contributed by atoms with Gasteiger partial charge in [0.1, 0.15) is 11.4 Å². The van der Waals surface area contributed by atoms with Crippen LogP contribution >= 0.6 is 23.1 Å². The van der Waals surface area contributed by atoms with Crippen LogP contribution in [0.4, 0.5) is 0 Å². The third kappa shape index (κ3) is 3.45. The van der Waals surface area contributed by atoms with E-state index in [1.165, 1.54) is 16.6 Å². The van der Waals surface area contributed by atoms with Gasteiger partial charge in [-0.3, -0.25) is 5.10 Å². The molecular weight excluding hydrogens is 366 g/mol. The molecular formula is C19H17N3O2S2. The maximum atomic E-state index is 11.9. The van der Waals surface area contributed by atoms with Crippen LogP contribution in [-0.2, 0) is 12.2 Å². The normalized spacial score (nSPS) is 11.3. The molecule has 0 radical (unpaired) electrons. The van der Waals surface area contributed by atoms with Crippen LogP contribution in [0, 0.1) is 13.8 Å². The monoisotopic (exact) mass is 383 g/mol. The van der Waals surface area contributed by atoms with Gasteiger partial charge in [0.05, 0.1) is 0 Å². The Bertz CT molecular complexity index is 1110. The van der Waals surface area contributed by atoms with Crippen LogP contribution in [0.3, 0.4) is 0 Å². The van der Waals surface area contributed by atoms with Gasteiger partial charge in [-0.1, -0.05) is 30.0 Å². The van der Waals surface area contributed by atoms with E-state index >= 15 is 0 Å². The summed E-state index contributed by atoms with van der Waals surface area (Å²) in [6.07, 6.45) is 0.752. The molecule has 1 N–H and O–H groups in total.